The maximum atomic E-state index is 9.03. The van der Waals surface area contributed by atoms with Crippen molar-refractivity contribution >= 4 is 11.6 Å². The first-order valence-corrected chi connectivity index (χ1v) is 5.84. The normalized spacial score (nSPS) is 15.1. The number of hydrogen-bond acceptors (Lipinski definition) is 3. The van der Waals surface area contributed by atoms with Gasteiger partial charge in [-0.15, -0.1) is 0 Å². The molecule has 0 amide bonds. The van der Waals surface area contributed by atoms with Crippen LogP contribution < -0.4 is 5.73 Å². The van der Waals surface area contributed by atoms with Crippen LogP contribution in [-0.4, -0.2) is 27.0 Å². The Balaban J connectivity index is 2.53. The number of halogens is 1. The van der Waals surface area contributed by atoms with Crippen LogP contribution in [0.3, 0.4) is 0 Å². The van der Waals surface area contributed by atoms with Gasteiger partial charge < -0.3 is 10.8 Å². The van der Waals surface area contributed by atoms with Crippen LogP contribution in [0.15, 0.2) is 0 Å². The van der Waals surface area contributed by atoms with Gasteiger partial charge in [-0.1, -0.05) is 11.6 Å². The Kier molecular flexibility index (Phi) is 4.35. The van der Waals surface area contributed by atoms with Crippen molar-refractivity contribution in [3.63, 3.8) is 0 Å². The van der Waals surface area contributed by atoms with E-state index in [-0.39, 0.29) is 6.61 Å². The van der Waals surface area contributed by atoms with Crippen LogP contribution in [0.1, 0.15) is 31.2 Å². The molecule has 92 valence electrons. The predicted molar refractivity (Wildman–Crippen MR) is 65.6 cm³/mol. The largest absolute Gasteiger partial charge is 0.394 e. The smallest absolute Gasteiger partial charge is 0.0844 e. The molecular formula is C11H20ClN3O. The van der Waals surface area contributed by atoms with E-state index in [4.69, 9.17) is 22.4 Å². The molecule has 16 heavy (non-hydrogen) atoms. The standard InChI is InChI=1S/C11H20ClN3O/c1-8-10(12)9(2)15(14-8)6-4-5-11(3,13)7-16/h16H,4-7,13H2,1-3H3. The van der Waals surface area contributed by atoms with Crippen molar-refractivity contribution < 1.29 is 5.11 Å². The molecule has 0 spiro atoms. The molecule has 0 radical (unpaired) electrons. The maximum absolute atomic E-state index is 9.03. The summed E-state index contributed by atoms with van der Waals surface area (Å²) < 4.78 is 1.89. The minimum atomic E-state index is -0.500. The van der Waals surface area contributed by atoms with Crippen molar-refractivity contribution in [2.24, 2.45) is 5.73 Å². The third-order valence-electron chi connectivity index (χ3n) is 2.77. The third kappa shape index (κ3) is 3.20. The first-order chi connectivity index (χ1) is 7.37. The number of rotatable bonds is 5. The van der Waals surface area contributed by atoms with Gasteiger partial charge >= 0.3 is 0 Å². The molecule has 0 saturated carbocycles. The van der Waals surface area contributed by atoms with Crippen LogP contribution in [0, 0.1) is 13.8 Å². The number of aromatic nitrogens is 2. The van der Waals surface area contributed by atoms with Crippen LogP contribution >= 0.6 is 11.6 Å². The van der Waals surface area contributed by atoms with Gasteiger partial charge in [0.1, 0.15) is 0 Å². The second-order valence-corrected chi connectivity index (χ2v) is 5.00. The first-order valence-electron chi connectivity index (χ1n) is 5.46. The van der Waals surface area contributed by atoms with Crippen molar-refractivity contribution in [2.45, 2.75) is 45.7 Å². The minimum Gasteiger partial charge on any atom is -0.394 e. The van der Waals surface area contributed by atoms with E-state index in [1.165, 1.54) is 0 Å². The van der Waals surface area contributed by atoms with Crippen molar-refractivity contribution in [1.29, 1.82) is 0 Å². The molecule has 1 aromatic rings. The summed E-state index contributed by atoms with van der Waals surface area (Å²) in [4.78, 5) is 0. The molecule has 0 aliphatic heterocycles. The Morgan fingerprint density at radius 1 is 1.50 bits per heavy atom. The highest BCUT2D eigenvalue weighted by atomic mass is 35.5. The highest BCUT2D eigenvalue weighted by Gasteiger charge is 2.17. The lowest BCUT2D eigenvalue weighted by Gasteiger charge is -2.21. The number of nitrogens with two attached hydrogens (primary N) is 1. The highest BCUT2D eigenvalue weighted by Crippen LogP contribution is 2.19. The minimum absolute atomic E-state index is 0.00483. The molecule has 0 bridgehead atoms. The molecule has 1 unspecified atom stereocenters. The van der Waals surface area contributed by atoms with Crippen LogP contribution in [0.5, 0.6) is 0 Å². The Morgan fingerprint density at radius 2 is 2.12 bits per heavy atom. The van der Waals surface area contributed by atoms with Gasteiger partial charge in [0.2, 0.25) is 0 Å². The average Bonchev–Trinajstić information content (AvgIpc) is 2.46. The number of aryl methyl sites for hydroxylation is 2. The van der Waals surface area contributed by atoms with E-state index in [2.05, 4.69) is 5.10 Å². The molecule has 3 N–H and O–H groups in total. The molecule has 1 heterocycles. The number of aliphatic hydroxyl groups is 1. The van der Waals surface area contributed by atoms with Crippen molar-refractivity contribution in [1.82, 2.24) is 9.78 Å². The van der Waals surface area contributed by atoms with E-state index in [0.29, 0.717) is 0 Å². The van der Waals surface area contributed by atoms with Crippen molar-refractivity contribution in [3.8, 4) is 0 Å². The second kappa shape index (κ2) is 5.17. The molecule has 1 rings (SSSR count). The van der Waals surface area contributed by atoms with Crippen LogP contribution in [0.25, 0.3) is 0 Å². The van der Waals surface area contributed by atoms with E-state index in [0.717, 1.165) is 35.8 Å². The summed E-state index contributed by atoms with van der Waals surface area (Å²) in [6.07, 6.45) is 1.64. The summed E-state index contributed by atoms with van der Waals surface area (Å²) >= 11 is 6.05. The van der Waals surface area contributed by atoms with E-state index < -0.39 is 5.54 Å². The highest BCUT2D eigenvalue weighted by molar-refractivity contribution is 6.31. The second-order valence-electron chi connectivity index (χ2n) is 4.62. The zero-order valence-corrected chi connectivity index (χ0v) is 10.9. The third-order valence-corrected chi connectivity index (χ3v) is 3.32. The van der Waals surface area contributed by atoms with Crippen LogP contribution in [0.4, 0.5) is 0 Å². The Bertz CT molecular complexity index is 360. The summed E-state index contributed by atoms with van der Waals surface area (Å²) in [6, 6.07) is 0. The molecular weight excluding hydrogens is 226 g/mol. The summed E-state index contributed by atoms with van der Waals surface area (Å²) in [7, 11) is 0. The van der Waals surface area contributed by atoms with Gasteiger partial charge in [-0.2, -0.15) is 5.10 Å². The summed E-state index contributed by atoms with van der Waals surface area (Å²) in [5.41, 5.74) is 7.19. The lowest BCUT2D eigenvalue weighted by Crippen LogP contribution is -2.40. The molecule has 0 saturated heterocycles. The zero-order chi connectivity index (χ0) is 12.3. The summed E-state index contributed by atoms with van der Waals surface area (Å²) in [6.45, 7) is 6.49. The van der Waals surface area contributed by atoms with Crippen LogP contribution in [-0.2, 0) is 6.54 Å². The molecule has 1 aromatic heterocycles. The van der Waals surface area contributed by atoms with Gasteiger partial charge in [0.25, 0.3) is 0 Å². The molecule has 0 fully saturated rings. The van der Waals surface area contributed by atoms with E-state index >= 15 is 0 Å². The summed E-state index contributed by atoms with van der Waals surface area (Å²) in [5, 5.41) is 14.1. The topological polar surface area (TPSA) is 64.1 Å². The first kappa shape index (κ1) is 13.5. The summed E-state index contributed by atoms with van der Waals surface area (Å²) in [5.74, 6) is 0. The average molecular weight is 246 g/mol. The van der Waals surface area contributed by atoms with E-state index in [1.807, 2.05) is 25.5 Å². The molecule has 5 heteroatoms. The van der Waals surface area contributed by atoms with E-state index in [9.17, 15) is 0 Å². The van der Waals surface area contributed by atoms with Gasteiger partial charge in [-0.3, -0.25) is 4.68 Å². The fourth-order valence-electron chi connectivity index (χ4n) is 1.60. The molecule has 0 aromatic carbocycles. The zero-order valence-electron chi connectivity index (χ0n) is 10.1. The number of nitrogens with zero attached hydrogens (tertiary/aromatic N) is 2. The Morgan fingerprint density at radius 3 is 2.56 bits per heavy atom. The molecule has 4 nitrogen and oxygen atoms in total. The van der Waals surface area contributed by atoms with Gasteiger partial charge in [0.15, 0.2) is 0 Å². The Hall–Kier alpha value is -0.580. The lowest BCUT2D eigenvalue weighted by molar-refractivity contribution is 0.196. The maximum Gasteiger partial charge on any atom is 0.0844 e. The van der Waals surface area contributed by atoms with Gasteiger partial charge in [0.05, 0.1) is 23.0 Å². The molecule has 1 atom stereocenters. The molecule has 0 aliphatic carbocycles. The fourth-order valence-corrected chi connectivity index (χ4v) is 1.74. The number of aliphatic hydroxyl groups excluding tert-OH is 1. The van der Waals surface area contributed by atoms with Gasteiger partial charge in [-0.05, 0) is 33.6 Å². The number of hydrogen-bond donors (Lipinski definition) is 2. The Labute approximate surface area is 101 Å². The van der Waals surface area contributed by atoms with Gasteiger partial charge in [-0.25, -0.2) is 0 Å². The van der Waals surface area contributed by atoms with Gasteiger partial charge in [0, 0.05) is 12.1 Å². The quantitative estimate of drug-likeness (QED) is 0.829. The predicted octanol–water partition coefficient (Wildman–Crippen LogP) is 1.64. The lowest BCUT2D eigenvalue weighted by atomic mass is 9.98. The fraction of sp³-hybridized carbons (Fsp3) is 0.727. The van der Waals surface area contributed by atoms with Crippen LogP contribution in [0.2, 0.25) is 5.02 Å². The van der Waals surface area contributed by atoms with Crippen molar-refractivity contribution in [3.05, 3.63) is 16.4 Å². The SMILES string of the molecule is Cc1nn(CCCC(C)(N)CO)c(C)c1Cl. The molecule has 0 aliphatic rings. The monoisotopic (exact) mass is 245 g/mol. The van der Waals surface area contributed by atoms with Crippen molar-refractivity contribution in [2.75, 3.05) is 6.61 Å². The van der Waals surface area contributed by atoms with E-state index in [1.54, 1.807) is 0 Å².